The molecule has 0 N–H and O–H groups in total. The molecule has 30 heavy (non-hydrogen) atoms. The highest BCUT2D eigenvalue weighted by Gasteiger charge is 2.48. The van der Waals surface area contributed by atoms with E-state index in [0.717, 1.165) is 35.7 Å². The van der Waals surface area contributed by atoms with Crippen LogP contribution in [0.2, 0.25) is 0 Å². The van der Waals surface area contributed by atoms with Gasteiger partial charge in [-0.15, -0.1) is 0 Å². The average Bonchev–Trinajstić information content (AvgIpc) is 3.02. The van der Waals surface area contributed by atoms with Gasteiger partial charge in [-0.2, -0.15) is 0 Å². The standard InChI is InChI=1S/C23H21BrN2O4/c1-14(25-30-23(29)16-5-4-6-17(24)13-16)15-9-11-18(12-10-15)26-21(27)19-7-2-3-8-20(19)22(26)28/h4-6,9-13,19-20H,2-3,7-8H2,1H3/b25-14+. The lowest BCUT2D eigenvalue weighted by Crippen LogP contribution is -2.30. The fourth-order valence-electron chi connectivity index (χ4n) is 4.10. The Hall–Kier alpha value is -2.80. The summed E-state index contributed by atoms with van der Waals surface area (Å²) in [6.07, 6.45) is 3.58. The minimum atomic E-state index is -0.553. The zero-order valence-corrected chi connectivity index (χ0v) is 18.1. The molecule has 1 aliphatic heterocycles. The van der Waals surface area contributed by atoms with Crippen molar-refractivity contribution >= 4 is 45.1 Å². The Labute approximate surface area is 183 Å². The molecule has 1 saturated heterocycles. The Morgan fingerprint density at radius 2 is 1.63 bits per heavy atom. The van der Waals surface area contributed by atoms with Crippen molar-refractivity contribution in [2.75, 3.05) is 4.90 Å². The molecule has 2 aromatic rings. The third-order valence-corrected chi connectivity index (χ3v) is 6.20. The van der Waals surface area contributed by atoms with E-state index in [1.165, 1.54) is 4.90 Å². The minimum absolute atomic E-state index is 0.0919. The molecule has 1 heterocycles. The summed E-state index contributed by atoms with van der Waals surface area (Å²) in [4.78, 5) is 43.9. The third-order valence-electron chi connectivity index (χ3n) is 5.71. The van der Waals surface area contributed by atoms with Gasteiger partial charge in [0.15, 0.2) is 0 Å². The van der Waals surface area contributed by atoms with Crippen LogP contribution in [0.1, 0.15) is 48.5 Å². The molecule has 2 aromatic carbocycles. The second-order valence-electron chi connectivity index (χ2n) is 7.62. The predicted molar refractivity (Wildman–Crippen MR) is 116 cm³/mol. The number of benzene rings is 2. The van der Waals surface area contributed by atoms with Crippen LogP contribution in [0.25, 0.3) is 0 Å². The van der Waals surface area contributed by atoms with Crippen LogP contribution in [0.5, 0.6) is 0 Å². The van der Waals surface area contributed by atoms with Crippen LogP contribution in [0.15, 0.2) is 58.2 Å². The first-order chi connectivity index (χ1) is 14.5. The van der Waals surface area contributed by atoms with Crippen LogP contribution in [-0.2, 0) is 14.4 Å². The quantitative estimate of drug-likeness (QED) is 0.281. The van der Waals surface area contributed by atoms with Gasteiger partial charge in [0.25, 0.3) is 0 Å². The van der Waals surface area contributed by atoms with Gasteiger partial charge in [0, 0.05) is 4.47 Å². The molecule has 1 aliphatic carbocycles. The zero-order valence-electron chi connectivity index (χ0n) is 16.5. The van der Waals surface area contributed by atoms with E-state index in [4.69, 9.17) is 4.84 Å². The van der Waals surface area contributed by atoms with Crippen molar-refractivity contribution in [3.63, 3.8) is 0 Å². The zero-order chi connectivity index (χ0) is 21.3. The van der Waals surface area contributed by atoms with Gasteiger partial charge in [-0.3, -0.25) is 14.5 Å². The number of oxime groups is 1. The Kier molecular flexibility index (Phi) is 5.81. The number of hydrogen-bond donors (Lipinski definition) is 0. The van der Waals surface area contributed by atoms with Gasteiger partial charge >= 0.3 is 5.97 Å². The smallest absolute Gasteiger partial charge is 0.313 e. The van der Waals surface area contributed by atoms with Crippen molar-refractivity contribution in [3.8, 4) is 0 Å². The number of nitrogens with zero attached hydrogens (tertiary/aromatic N) is 2. The highest BCUT2D eigenvalue weighted by molar-refractivity contribution is 9.10. The van der Waals surface area contributed by atoms with Gasteiger partial charge < -0.3 is 4.84 Å². The van der Waals surface area contributed by atoms with Crippen molar-refractivity contribution in [1.82, 2.24) is 0 Å². The first-order valence-electron chi connectivity index (χ1n) is 9.95. The number of halogens is 1. The van der Waals surface area contributed by atoms with E-state index < -0.39 is 5.97 Å². The van der Waals surface area contributed by atoms with E-state index in [2.05, 4.69) is 21.1 Å². The van der Waals surface area contributed by atoms with E-state index in [-0.39, 0.29) is 23.7 Å². The molecule has 0 aromatic heterocycles. The van der Waals surface area contributed by atoms with Crippen LogP contribution in [0.4, 0.5) is 5.69 Å². The molecule has 2 fully saturated rings. The summed E-state index contributed by atoms with van der Waals surface area (Å²) in [7, 11) is 0. The maximum Gasteiger partial charge on any atom is 0.365 e. The second kappa shape index (κ2) is 8.52. The molecule has 2 amide bonds. The van der Waals surface area contributed by atoms with Crippen LogP contribution >= 0.6 is 15.9 Å². The molecule has 7 heteroatoms. The second-order valence-corrected chi connectivity index (χ2v) is 8.54. The van der Waals surface area contributed by atoms with Crippen LogP contribution in [0, 0.1) is 11.8 Å². The molecule has 2 aliphatic rings. The van der Waals surface area contributed by atoms with Gasteiger partial charge in [0.1, 0.15) is 0 Å². The first kappa shape index (κ1) is 20.5. The first-order valence-corrected chi connectivity index (χ1v) is 10.7. The van der Waals surface area contributed by atoms with Crippen LogP contribution in [0.3, 0.4) is 0 Å². The molecule has 1 saturated carbocycles. The molecule has 2 atom stereocenters. The number of amides is 2. The molecule has 154 valence electrons. The van der Waals surface area contributed by atoms with Gasteiger partial charge in [-0.25, -0.2) is 4.79 Å². The molecule has 6 nitrogen and oxygen atoms in total. The fraction of sp³-hybridized carbons (Fsp3) is 0.304. The van der Waals surface area contributed by atoms with Crippen LogP contribution < -0.4 is 4.90 Å². The number of imide groups is 1. The summed E-state index contributed by atoms with van der Waals surface area (Å²) in [5.74, 6) is -1.09. The number of carbonyl (C=O) groups excluding carboxylic acids is 3. The summed E-state index contributed by atoms with van der Waals surface area (Å²) >= 11 is 3.31. The molecule has 0 spiro atoms. The Morgan fingerprint density at radius 3 is 2.23 bits per heavy atom. The van der Waals surface area contributed by atoms with E-state index in [1.807, 2.05) is 6.07 Å². The number of carbonyl (C=O) groups is 3. The summed E-state index contributed by atoms with van der Waals surface area (Å²) in [5, 5.41) is 3.92. The van der Waals surface area contributed by atoms with Crippen molar-refractivity contribution in [2.24, 2.45) is 17.0 Å². The maximum absolute atomic E-state index is 12.7. The fourth-order valence-corrected chi connectivity index (χ4v) is 4.50. The summed E-state index contributed by atoms with van der Waals surface area (Å²) in [6.45, 7) is 1.73. The molecular formula is C23H21BrN2O4. The van der Waals surface area contributed by atoms with Crippen molar-refractivity contribution in [1.29, 1.82) is 0 Å². The topological polar surface area (TPSA) is 76.0 Å². The number of rotatable bonds is 4. The number of fused-ring (bicyclic) bond motifs is 1. The summed E-state index contributed by atoms with van der Waals surface area (Å²) < 4.78 is 0.777. The van der Waals surface area contributed by atoms with E-state index in [9.17, 15) is 14.4 Å². The van der Waals surface area contributed by atoms with Gasteiger partial charge in [0.2, 0.25) is 11.8 Å². The molecule has 2 unspecified atom stereocenters. The predicted octanol–water partition coefficient (Wildman–Crippen LogP) is 4.71. The third kappa shape index (κ3) is 3.94. The monoisotopic (exact) mass is 468 g/mol. The molecular weight excluding hydrogens is 448 g/mol. The van der Waals surface area contributed by atoms with Gasteiger partial charge in [-0.05, 0) is 55.7 Å². The lowest BCUT2D eigenvalue weighted by Gasteiger charge is -2.19. The highest BCUT2D eigenvalue weighted by atomic mass is 79.9. The maximum atomic E-state index is 12.7. The average molecular weight is 469 g/mol. The number of hydrogen-bond acceptors (Lipinski definition) is 5. The van der Waals surface area contributed by atoms with Gasteiger partial charge in [0.05, 0.1) is 28.8 Å². The Balaban J connectivity index is 1.46. The molecule has 0 radical (unpaired) electrons. The molecule has 4 rings (SSSR count). The van der Waals surface area contributed by atoms with Crippen molar-refractivity contribution in [2.45, 2.75) is 32.6 Å². The lowest BCUT2D eigenvalue weighted by atomic mass is 9.81. The summed E-state index contributed by atoms with van der Waals surface area (Å²) in [6, 6.07) is 13.9. The van der Waals surface area contributed by atoms with Crippen molar-refractivity contribution in [3.05, 3.63) is 64.1 Å². The normalized spacial score (nSPS) is 21.5. The number of anilines is 1. The van der Waals surface area contributed by atoms with E-state index in [0.29, 0.717) is 17.0 Å². The summed E-state index contributed by atoms with van der Waals surface area (Å²) in [5.41, 5.74) is 2.21. The highest BCUT2D eigenvalue weighted by Crippen LogP contribution is 2.40. The molecule has 0 bridgehead atoms. The largest absolute Gasteiger partial charge is 0.365 e. The minimum Gasteiger partial charge on any atom is -0.313 e. The Bertz CT molecular complexity index is 1010. The SMILES string of the molecule is C/C(=N\OC(=O)c1cccc(Br)c1)c1ccc(N2C(=O)C3CCCCC3C2=O)cc1. The van der Waals surface area contributed by atoms with Crippen molar-refractivity contribution < 1.29 is 19.2 Å². The Morgan fingerprint density at radius 1 is 1.00 bits per heavy atom. The van der Waals surface area contributed by atoms with Crippen LogP contribution in [-0.4, -0.2) is 23.5 Å². The van der Waals surface area contributed by atoms with E-state index >= 15 is 0 Å². The van der Waals surface area contributed by atoms with Gasteiger partial charge in [-0.1, -0.05) is 52.1 Å². The van der Waals surface area contributed by atoms with E-state index in [1.54, 1.807) is 49.4 Å². The lowest BCUT2D eigenvalue weighted by molar-refractivity contribution is -0.122.